The monoisotopic (exact) mass is 344 g/mol. The maximum Gasteiger partial charge on any atom is 0.269 e. The number of hydrogen-bond acceptors (Lipinski definition) is 4. The predicted octanol–water partition coefficient (Wildman–Crippen LogP) is 2.70. The number of rotatable bonds is 5. The molecule has 0 bridgehead atoms. The van der Waals surface area contributed by atoms with Gasteiger partial charge in [-0.15, -0.1) is 0 Å². The van der Waals surface area contributed by atoms with E-state index in [-0.39, 0.29) is 11.5 Å². The van der Waals surface area contributed by atoms with Crippen LogP contribution in [0.1, 0.15) is 11.6 Å². The van der Waals surface area contributed by atoms with E-state index in [2.05, 4.69) is 17.9 Å². The van der Waals surface area contributed by atoms with Gasteiger partial charge in [0.2, 0.25) is 5.91 Å². The fourth-order valence-electron chi connectivity index (χ4n) is 2.46. The van der Waals surface area contributed by atoms with E-state index in [1.165, 1.54) is 11.5 Å². The summed E-state index contributed by atoms with van der Waals surface area (Å²) in [5.74, 6) is 0.355. The van der Waals surface area contributed by atoms with Crippen LogP contribution in [-0.4, -0.2) is 22.2 Å². The van der Waals surface area contributed by atoms with Crippen molar-refractivity contribution in [2.45, 2.75) is 6.04 Å². The first-order valence-electron chi connectivity index (χ1n) is 7.26. The molecule has 2 aromatic carbocycles. The van der Waals surface area contributed by atoms with Crippen LogP contribution < -0.4 is 10.9 Å². The van der Waals surface area contributed by atoms with Gasteiger partial charge in [0.25, 0.3) is 5.56 Å². The molecule has 1 heterocycles. The number of nitrogens with one attached hydrogen (secondary N) is 1. The third-order valence-electron chi connectivity index (χ3n) is 3.52. The third kappa shape index (κ3) is 3.18. The second-order valence-corrected chi connectivity index (χ2v) is 6.51. The minimum Gasteiger partial charge on any atom is -0.353 e. The Balaban J connectivity index is 2.12. The van der Waals surface area contributed by atoms with Gasteiger partial charge in [-0.05, 0) is 17.7 Å². The topological polar surface area (TPSA) is 51.1 Å². The van der Waals surface area contributed by atoms with Gasteiger partial charge in [0.1, 0.15) is 0 Å². The van der Waals surface area contributed by atoms with Gasteiger partial charge in [0.05, 0.1) is 10.1 Å². The molecule has 6 heteroatoms. The average molecular weight is 344 g/mol. The number of thiol groups is 1. The summed E-state index contributed by atoms with van der Waals surface area (Å²) < 4.78 is 2.42. The first kappa shape index (κ1) is 15.8. The van der Waals surface area contributed by atoms with Gasteiger partial charge < -0.3 is 5.32 Å². The molecule has 0 radical (unpaired) electrons. The zero-order valence-corrected chi connectivity index (χ0v) is 14.0. The minimum atomic E-state index is -0.666. The molecule has 3 aromatic rings. The highest BCUT2D eigenvalue weighted by molar-refractivity contribution is 7.80. The Morgan fingerprint density at radius 2 is 1.83 bits per heavy atom. The van der Waals surface area contributed by atoms with Crippen LogP contribution in [0.2, 0.25) is 0 Å². The zero-order chi connectivity index (χ0) is 16.2. The van der Waals surface area contributed by atoms with Crippen LogP contribution in [0.15, 0.2) is 59.4 Å². The summed E-state index contributed by atoms with van der Waals surface area (Å²) in [6.07, 6.45) is 0. The molecule has 0 aliphatic carbocycles. The SMILES string of the molecule is O=C(NCCS)C(c1ccccc1)n1sc2ccccc2c1=O. The van der Waals surface area contributed by atoms with Crippen LogP contribution in [0.25, 0.3) is 10.1 Å². The van der Waals surface area contributed by atoms with E-state index in [9.17, 15) is 9.59 Å². The van der Waals surface area contributed by atoms with Crippen molar-refractivity contribution in [1.29, 1.82) is 0 Å². The van der Waals surface area contributed by atoms with Gasteiger partial charge in [-0.2, -0.15) is 12.6 Å². The highest BCUT2D eigenvalue weighted by Gasteiger charge is 2.25. The van der Waals surface area contributed by atoms with Crippen molar-refractivity contribution in [1.82, 2.24) is 9.27 Å². The van der Waals surface area contributed by atoms with E-state index in [1.54, 1.807) is 10.0 Å². The molecule has 23 heavy (non-hydrogen) atoms. The fourth-order valence-corrected chi connectivity index (χ4v) is 3.68. The Labute approximate surface area is 143 Å². The summed E-state index contributed by atoms with van der Waals surface area (Å²) in [6.45, 7) is 0.463. The number of benzene rings is 2. The summed E-state index contributed by atoms with van der Waals surface area (Å²) in [7, 11) is 0. The van der Waals surface area contributed by atoms with Crippen molar-refractivity contribution in [2.75, 3.05) is 12.3 Å². The molecule has 0 aliphatic rings. The number of fused-ring (bicyclic) bond motifs is 1. The van der Waals surface area contributed by atoms with E-state index in [0.717, 1.165) is 10.3 Å². The lowest BCUT2D eigenvalue weighted by Gasteiger charge is -2.17. The standard InChI is InChI=1S/C17H16N2O2S2/c20-16(18-10-11-22)15(12-6-2-1-3-7-12)19-17(21)13-8-4-5-9-14(13)23-19/h1-9,15,22H,10-11H2,(H,18,20). The lowest BCUT2D eigenvalue weighted by Crippen LogP contribution is -2.36. The van der Waals surface area contributed by atoms with Crippen LogP contribution in [0, 0.1) is 0 Å². The molecule has 1 aromatic heterocycles. The van der Waals surface area contributed by atoms with E-state index < -0.39 is 6.04 Å². The Bertz CT molecular complexity index is 871. The average Bonchev–Trinajstić information content (AvgIpc) is 2.91. The summed E-state index contributed by atoms with van der Waals surface area (Å²) >= 11 is 5.43. The van der Waals surface area contributed by atoms with Gasteiger partial charge in [0.15, 0.2) is 6.04 Å². The summed E-state index contributed by atoms with van der Waals surface area (Å²) in [6, 6.07) is 16.1. The van der Waals surface area contributed by atoms with Crippen molar-refractivity contribution in [2.24, 2.45) is 0 Å². The molecule has 1 N–H and O–H groups in total. The smallest absolute Gasteiger partial charge is 0.269 e. The van der Waals surface area contributed by atoms with Crippen LogP contribution in [0.3, 0.4) is 0 Å². The Hall–Kier alpha value is -2.05. The highest BCUT2D eigenvalue weighted by Crippen LogP contribution is 2.24. The lowest BCUT2D eigenvalue weighted by molar-refractivity contribution is -0.122. The van der Waals surface area contributed by atoms with Crippen molar-refractivity contribution in [3.8, 4) is 0 Å². The molecule has 3 rings (SSSR count). The number of hydrogen-bond donors (Lipinski definition) is 2. The van der Waals surface area contributed by atoms with Gasteiger partial charge in [0, 0.05) is 12.3 Å². The number of aromatic nitrogens is 1. The van der Waals surface area contributed by atoms with Gasteiger partial charge in [-0.25, -0.2) is 3.96 Å². The van der Waals surface area contributed by atoms with Crippen LogP contribution in [0.5, 0.6) is 0 Å². The Kier molecular flexibility index (Phi) is 4.83. The van der Waals surface area contributed by atoms with Crippen LogP contribution in [-0.2, 0) is 4.79 Å². The third-order valence-corrected chi connectivity index (χ3v) is 4.87. The van der Waals surface area contributed by atoms with Crippen molar-refractivity contribution >= 4 is 40.2 Å². The second-order valence-electron chi connectivity index (χ2n) is 5.05. The first-order valence-corrected chi connectivity index (χ1v) is 8.67. The molecule has 0 saturated carbocycles. The molecular formula is C17H16N2O2S2. The van der Waals surface area contributed by atoms with Crippen molar-refractivity contribution in [3.63, 3.8) is 0 Å². The molecule has 0 saturated heterocycles. The molecule has 0 fully saturated rings. The molecule has 0 spiro atoms. The second kappa shape index (κ2) is 7.02. The predicted molar refractivity (Wildman–Crippen MR) is 97.5 cm³/mol. The van der Waals surface area contributed by atoms with Gasteiger partial charge in [-0.1, -0.05) is 54.0 Å². The van der Waals surface area contributed by atoms with Gasteiger partial charge in [-0.3, -0.25) is 9.59 Å². The summed E-state index contributed by atoms with van der Waals surface area (Å²) in [5, 5.41) is 3.47. The summed E-state index contributed by atoms with van der Waals surface area (Å²) in [5.41, 5.74) is 0.651. The molecule has 1 atom stereocenters. The first-order chi connectivity index (χ1) is 11.2. The molecule has 4 nitrogen and oxygen atoms in total. The maximum absolute atomic E-state index is 12.7. The zero-order valence-electron chi connectivity index (χ0n) is 12.3. The number of carbonyl (C=O) groups is 1. The van der Waals surface area contributed by atoms with Crippen LogP contribution in [0.4, 0.5) is 0 Å². The van der Waals surface area contributed by atoms with E-state index in [1.807, 2.05) is 48.5 Å². The quantitative estimate of drug-likeness (QED) is 0.699. The Morgan fingerprint density at radius 1 is 1.13 bits per heavy atom. The normalized spacial score (nSPS) is 12.2. The van der Waals surface area contributed by atoms with Crippen molar-refractivity contribution < 1.29 is 4.79 Å². The van der Waals surface area contributed by atoms with Crippen LogP contribution >= 0.6 is 24.2 Å². The maximum atomic E-state index is 12.7. The number of carbonyl (C=O) groups excluding carboxylic acids is 1. The number of nitrogens with zero attached hydrogens (tertiary/aromatic N) is 1. The Morgan fingerprint density at radius 3 is 2.52 bits per heavy atom. The molecule has 0 aliphatic heterocycles. The molecule has 1 unspecified atom stereocenters. The van der Waals surface area contributed by atoms with Gasteiger partial charge >= 0.3 is 0 Å². The van der Waals surface area contributed by atoms with Crippen molar-refractivity contribution in [3.05, 3.63) is 70.5 Å². The lowest BCUT2D eigenvalue weighted by atomic mass is 10.1. The van der Waals surface area contributed by atoms with E-state index >= 15 is 0 Å². The summed E-state index contributed by atoms with van der Waals surface area (Å²) in [4.78, 5) is 25.3. The molecule has 1 amide bonds. The number of amides is 1. The largest absolute Gasteiger partial charge is 0.353 e. The molecule has 118 valence electrons. The minimum absolute atomic E-state index is 0.138. The highest BCUT2D eigenvalue weighted by atomic mass is 32.1. The van der Waals surface area contributed by atoms with E-state index in [0.29, 0.717) is 17.7 Å². The van der Waals surface area contributed by atoms with E-state index in [4.69, 9.17) is 0 Å². The molecular weight excluding hydrogens is 328 g/mol. The fraction of sp³-hybridized carbons (Fsp3) is 0.176.